The number of thioether (sulfide) groups is 3. The van der Waals surface area contributed by atoms with Crippen LogP contribution in [0.1, 0.15) is 72.7 Å². The minimum absolute atomic E-state index is 0.00918. The van der Waals surface area contributed by atoms with Crippen LogP contribution in [0, 0.1) is 0 Å². The number of fused-ring (bicyclic) bond motifs is 8. The number of nitrogens with one attached hydrogen (secondary N) is 6. The zero-order valence-corrected chi connectivity index (χ0v) is 62.7. The first-order chi connectivity index (χ1) is 52.8. The molecule has 13 rings (SSSR count). The van der Waals surface area contributed by atoms with E-state index in [1.165, 1.54) is 59.6 Å². The molecular weight excluding hydrogens is 1410 g/mol. The van der Waals surface area contributed by atoms with Crippen LogP contribution >= 0.6 is 35.3 Å². The molecule has 2 aliphatic heterocycles. The molecule has 538 valence electrons. The first kappa shape index (κ1) is 74.5. The van der Waals surface area contributed by atoms with Crippen LogP contribution in [-0.4, -0.2) is 58.9 Å². The van der Waals surface area contributed by atoms with Gasteiger partial charge >= 0.3 is 0 Å². The normalized spacial score (nSPS) is 11.3. The highest BCUT2D eigenvalue weighted by Crippen LogP contribution is 2.47. The van der Waals surface area contributed by atoms with Gasteiger partial charge in [-0.05, 0) is 195 Å². The number of aromatic nitrogens is 4. The van der Waals surface area contributed by atoms with Crippen LogP contribution in [0.4, 0.5) is 22.7 Å². The van der Waals surface area contributed by atoms with E-state index in [9.17, 15) is 33.6 Å². The molecule has 2 aliphatic rings. The number of anilines is 4. The first-order valence-corrected chi connectivity index (χ1v) is 38.0. The number of rotatable bonds is 23. The second-order valence-electron chi connectivity index (χ2n) is 25.8. The van der Waals surface area contributed by atoms with Gasteiger partial charge in [-0.25, -0.2) is 9.97 Å². The molecule has 15 nitrogen and oxygen atoms in total. The maximum absolute atomic E-state index is 13.9. The molecule has 0 saturated carbocycles. The number of carbonyl (C=O) groups is 7. The van der Waals surface area contributed by atoms with E-state index in [-0.39, 0.29) is 15.3 Å². The second-order valence-corrected chi connectivity index (χ2v) is 29.3. The minimum atomic E-state index is -0.473. The second kappa shape index (κ2) is 33.4. The fraction of sp³-hybridized carbons (Fsp3) is 0.0879. The van der Waals surface area contributed by atoms with E-state index in [2.05, 4.69) is 82.7 Å². The largest absolute Gasteiger partial charge is 0.354 e. The summed E-state index contributed by atoms with van der Waals surface area (Å²) in [5.74, 6) is -0.505. The highest BCUT2D eigenvalue weighted by atomic mass is 32.2. The molecule has 0 fully saturated rings. The van der Waals surface area contributed by atoms with Gasteiger partial charge < -0.3 is 31.2 Å². The van der Waals surface area contributed by atoms with Crippen molar-refractivity contribution in [2.45, 2.75) is 51.4 Å². The summed E-state index contributed by atoms with van der Waals surface area (Å²) < 4.78 is 0. The van der Waals surface area contributed by atoms with Gasteiger partial charge in [-0.3, -0.25) is 33.6 Å². The Balaban J connectivity index is 1.22. The van der Waals surface area contributed by atoms with Crippen LogP contribution in [-0.2, 0) is 57.2 Å². The van der Waals surface area contributed by atoms with E-state index >= 15 is 0 Å². The van der Waals surface area contributed by atoms with Crippen molar-refractivity contribution >= 4 is 143 Å². The molecule has 18 heteroatoms. The van der Waals surface area contributed by atoms with E-state index in [0.717, 1.165) is 73.2 Å². The van der Waals surface area contributed by atoms with Crippen LogP contribution in [0.2, 0.25) is 0 Å². The van der Waals surface area contributed by atoms with Gasteiger partial charge in [0.15, 0.2) is 15.3 Å². The van der Waals surface area contributed by atoms with Crippen LogP contribution < -0.4 is 21.3 Å². The van der Waals surface area contributed by atoms with Gasteiger partial charge in [-0.15, -0.1) is 0 Å². The number of hydrogen-bond acceptors (Lipinski definition) is 12. The number of hydrogen-bond donors (Lipinski definition) is 6. The van der Waals surface area contributed by atoms with E-state index < -0.39 is 23.6 Å². The molecule has 8 aromatic carbocycles. The number of benzene rings is 8. The smallest absolute Gasteiger partial charge is 0.247 e. The Bertz CT molecular complexity index is 5530. The summed E-state index contributed by atoms with van der Waals surface area (Å²) in [5.41, 5.74) is 20.7. The zero-order chi connectivity index (χ0) is 76.4. The van der Waals surface area contributed by atoms with Gasteiger partial charge in [-0.1, -0.05) is 190 Å². The molecule has 0 radical (unpaired) electrons. The Morgan fingerprint density at radius 2 is 0.569 bits per heavy atom. The quantitative estimate of drug-likeness (QED) is 0.0329. The van der Waals surface area contributed by atoms with Crippen molar-refractivity contribution in [2.75, 3.05) is 21.3 Å². The highest BCUT2D eigenvalue weighted by Gasteiger charge is 2.26. The third-order valence-electron chi connectivity index (χ3n) is 18.5. The van der Waals surface area contributed by atoms with Gasteiger partial charge in [-0.2, -0.15) is 0 Å². The lowest BCUT2D eigenvalue weighted by molar-refractivity contribution is -0.112. The fourth-order valence-corrected chi connectivity index (χ4v) is 14.9. The maximum atomic E-state index is 13.9. The predicted octanol–water partition coefficient (Wildman–Crippen LogP) is 21.4. The molecule has 3 aromatic heterocycles. The van der Waals surface area contributed by atoms with Crippen LogP contribution in [0.25, 0.3) is 135 Å². The first-order valence-electron chi connectivity index (χ1n) is 35.1. The number of aryl methyl sites for hydroxylation is 1. The van der Waals surface area contributed by atoms with E-state index in [1.807, 2.05) is 200 Å². The lowest BCUT2D eigenvalue weighted by Gasteiger charge is -2.16. The molecule has 0 unspecified atom stereocenters. The number of carbonyl (C=O) groups excluding carboxylic acids is 7. The Morgan fingerprint density at radius 1 is 0.330 bits per heavy atom. The molecule has 6 N–H and O–H groups in total. The Labute approximate surface area is 644 Å². The summed E-state index contributed by atoms with van der Waals surface area (Å²) in [4.78, 5) is 112. The Hall–Kier alpha value is -12.7. The molecule has 109 heavy (non-hydrogen) atoms. The van der Waals surface area contributed by atoms with Crippen molar-refractivity contribution in [3.05, 3.63) is 290 Å². The summed E-state index contributed by atoms with van der Waals surface area (Å²) in [6.45, 7) is 22.1. The Morgan fingerprint density at radius 3 is 0.807 bits per heavy atom. The molecule has 0 spiro atoms. The number of nitrogens with zero attached hydrogens (tertiary/aromatic N) is 2. The Kier molecular flexibility index (Phi) is 22.8. The molecular formula is C91H74N8O7S3. The van der Waals surface area contributed by atoms with Crippen molar-refractivity contribution < 1.29 is 33.6 Å². The molecule has 8 bridgehead atoms. The summed E-state index contributed by atoms with van der Waals surface area (Å²) in [6.07, 6.45) is 13.3. The summed E-state index contributed by atoms with van der Waals surface area (Å²) in [7, 11) is 0. The maximum Gasteiger partial charge on any atom is 0.247 e. The van der Waals surface area contributed by atoms with Crippen molar-refractivity contribution in [2.24, 2.45) is 0 Å². The average molecular weight is 1490 g/mol. The standard InChI is InChI=1S/C91H74N8O7S3/c1-9-56-18-14-22-60(42-56)64-26-30-72(96-84(103)10-2)68(46-64)88-76-34-36-78(92-76)89(69-47-65(27-31-73(69)97-85(104)11-3)61-23-15-19-57(43-61)50-107-53(6)100)80-38-40-82(94-80)91(71-49-67(29-33-75(71)99-87(106)13-5)63-25-17-21-59(45-63)52-109-55(8)102)83-41-39-81(95-83)90(79-37-35-77(88)93-79)70-48-66(28-32-74(70)98-86(105)12-4)62-24-16-20-58(44-62)51-108-54(7)101/h10-49,92,95H,2-5,9,50-52H2,1,6-8H3,(H,96,103)(H,97,104)(H,98,105)(H,99,106). The number of amides is 4. The fourth-order valence-electron chi connectivity index (χ4n) is 13.3. The lowest BCUT2D eigenvalue weighted by Crippen LogP contribution is -2.09. The molecule has 0 atom stereocenters. The van der Waals surface area contributed by atoms with Gasteiger partial charge in [0, 0.05) is 127 Å². The van der Waals surface area contributed by atoms with Gasteiger partial charge in [0.2, 0.25) is 23.6 Å². The predicted molar refractivity (Wildman–Crippen MR) is 453 cm³/mol. The minimum Gasteiger partial charge on any atom is -0.354 e. The molecule has 11 aromatic rings. The lowest BCUT2D eigenvalue weighted by atomic mass is 9.95. The van der Waals surface area contributed by atoms with Crippen LogP contribution in [0.15, 0.2) is 245 Å². The number of aromatic amines is 2. The summed E-state index contributed by atoms with van der Waals surface area (Å²) in [6, 6.07) is 63.2. The molecule has 5 heterocycles. The zero-order valence-electron chi connectivity index (χ0n) is 60.2. The van der Waals surface area contributed by atoms with Crippen molar-refractivity contribution in [1.82, 2.24) is 19.9 Å². The molecule has 0 aliphatic carbocycles. The van der Waals surface area contributed by atoms with Crippen molar-refractivity contribution in [1.29, 1.82) is 0 Å². The summed E-state index contributed by atoms with van der Waals surface area (Å²) >= 11 is 3.65. The van der Waals surface area contributed by atoms with E-state index in [1.54, 1.807) is 20.8 Å². The van der Waals surface area contributed by atoms with Gasteiger partial charge in [0.25, 0.3) is 0 Å². The molecule has 4 amide bonds. The van der Waals surface area contributed by atoms with Crippen LogP contribution in [0.3, 0.4) is 0 Å². The summed E-state index contributed by atoms with van der Waals surface area (Å²) in [5, 5.41) is 12.5. The SMILES string of the molecule is C=CC(=O)Nc1ccc(-c2cccc(CC)c2)cc1-c1c2nc(c(-c3cc(-c4cccc(CSC(C)=O)c4)ccc3NC(=O)C=C)c3ccc([nH]3)c(-c3cc(-c4cccc(CSC(C)=O)c4)ccc3NC(=O)C=C)c3nc(c(-c4cc(-c5cccc(CSC(C)=O)c5)ccc4NC(=O)C=C)c4ccc1[nH]4)C=C3)C=C2. The van der Waals surface area contributed by atoms with Gasteiger partial charge in [0.05, 0.1) is 22.8 Å². The van der Waals surface area contributed by atoms with Crippen molar-refractivity contribution in [3.8, 4) is 89.0 Å². The highest BCUT2D eigenvalue weighted by molar-refractivity contribution is 8.13. The topological polar surface area (TPSA) is 225 Å². The van der Waals surface area contributed by atoms with E-state index in [0.29, 0.717) is 129 Å². The van der Waals surface area contributed by atoms with E-state index in [4.69, 9.17) is 9.97 Å². The van der Waals surface area contributed by atoms with Gasteiger partial charge in [0.1, 0.15) is 0 Å². The van der Waals surface area contributed by atoms with Crippen LogP contribution in [0.5, 0.6) is 0 Å². The third kappa shape index (κ3) is 17.1. The van der Waals surface area contributed by atoms with Crippen molar-refractivity contribution in [3.63, 3.8) is 0 Å². The number of H-pyrrole nitrogens is 2. The third-order valence-corrected chi connectivity index (χ3v) is 21.1. The average Bonchev–Trinajstić information content (AvgIpc) is 1.61. The monoisotopic (exact) mass is 1490 g/mol. The molecule has 0 saturated heterocycles.